The Hall–Kier alpha value is -1.60. The molecule has 0 bridgehead atoms. The number of nitrogens with zero attached hydrogens (tertiary/aromatic N) is 3. The third kappa shape index (κ3) is 5.94. The minimum atomic E-state index is -0.452. The average Bonchev–Trinajstić information content (AvgIpc) is 3.10. The predicted octanol–water partition coefficient (Wildman–Crippen LogP) is 3.54. The molecule has 1 unspecified atom stereocenters. The second-order valence-corrected chi connectivity index (χ2v) is 8.39. The summed E-state index contributed by atoms with van der Waals surface area (Å²) in [5, 5.41) is 0. The number of carbonyl (C=O) groups excluding carboxylic acids is 1. The summed E-state index contributed by atoms with van der Waals surface area (Å²) in [6, 6.07) is 0. The van der Waals surface area contributed by atoms with Crippen molar-refractivity contribution in [3.05, 3.63) is 18.2 Å². The van der Waals surface area contributed by atoms with Gasteiger partial charge >= 0.3 is 6.09 Å². The average molecular weight is 380 g/mol. The lowest BCUT2D eigenvalue weighted by molar-refractivity contribution is -0.163. The van der Waals surface area contributed by atoms with E-state index in [4.69, 9.17) is 14.2 Å². The molecule has 27 heavy (non-hydrogen) atoms. The Morgan fingerprint density at radius 3 is 2.70 bits per heavy atom. The molecule has 1 atom stereocenters. The third-order valence-corrected chi connectivity index (χ3v) is 5.03. The van der Waals surface area contributed by atoms with Gasteiger partial charge in [0.2, 0.25) is 0 Å². The Bertz CT molecular complexity index is 597. The van der Waals surface area contributed by atoms with Gasteiger partial charge in [0.05, 0.1) is 6.61 Å². The summed E-state index contributed by atoms with van der Waals surface area (Å²) in [6.07, 6.45) is 8.71. The highest BCUT2D eigenvalue weighted by Crippen LogP contribution is 2.28. The summed E-state index contributed by atoms with van der Waals surface area (Å²) in [5.74, 6) is 1.46. The summed E-state index contributed by atoms with van der Waals surface area (Å²) in [7, 11) is 0. The molecule has 0 aromatic carbocycles. The van der Waals surface area contributed by atoms with Crippen LogP contribution in [0.2, 0.25) is 0 Å². The quantitative estimate of drug-likeness (QED) is 0.783. The fraction of sp³-hybridized carbons (Fsp3) is 0.800. The van der Waals surface area contributed by atoms with E-state index in [0.29, 0.717) is 25.6 Å². The monoisotopic (exact) mass is 379 g/mol. The van der Waals surface area contributed by atoms with Gasteiger partial charge in [0.15, 0.2) is 6.29 Å². The Kier molecular flexibility index (Phi) is 6.76. The van der Waals surface area contributed by atoms with E-state index in [0.717, 1.165) is 44.7 Å². The second-order valence-electron chi connectivity index (χ2n) is 8.39. The Morgan fingerprint density at radius 2 is 2.04 bits per heavy atom. The molecule has 2 aliphatic heterocycles. The zero-order chi connectivity index (χ0) is 19.3. The first kappa shape index (κ1) is 20.1. The highest BCUT2D eigenvalue weighted by atomic mass is 16.7. The SMILES string of the molecule is CC(C)(C)OC(=O)N1CCC(c2nccn2CCOC2CCCCO2)CC1. The van der Waals surface area contributed by atoms with Crippen LogP contribution in [0.3, 0.4) is 0 Å². The molecule has 0 radical (unpaired) electrons. The molecule has 1 aromatic rings. The van der Waals surface area contributed by atoms with E-state index in [9.17, 15) is 4.79 Å². The van der Waals surface area contributed by atoms with Crippen LogP contribution in [0.5, 0.6) is 0 Å². The molecule has 7 heteroatoms. The predicted molar refractivity (Wildman–Crippen MR) is 102 cm³/mol. The molecule has 152 valence electrons. The maximum atomic E-state index is 12.2. The van der Waals surface area contributed by atoms with Crippen LogP contribution in [0, 0.1) is 0 Å². The third-order valence-electron chi connectivity index (χ3n) is 5.03. The lowest BCUT2D eigenvalue weighted by Crippen LogP contribution is -2.41. The molecule has 0 N–H and O–H groups in total. The first-order valence-corrected chi connectivity index (χ1v) is 10.1. The topological polar surface area (TPSA) is 65.8 Å². The standard InChI is InChI=1S/C20H33N3O4/c1-20(2,3)27-19(24)23-10-7-16(8-11-23)18-21-9-12-22(18)13-15-26-17-6-4-5-14-25-17/h9,12,16-17H,4-8,10-11,13-15H2,1-3H3. The number of carbonyl (C=O) groups is 1. The van der Waals surface area contributed by atoms with Crippen molar-refractivity contribution in [1.29, 1.82) is 0 Å². The number of likely N-dealkylation sites (tertiary alicyclic amines) is 1. The highest BCUT2D eigenvalue weighted by Gasteiger charge is 2.29. The highest BCUT2D eigenvalue weighted by molar-refractivity contribution is 5.68. The van der Waals surface area contributed by atoms with Crippen LogP contribution in [-0.4, -0.2) is 58.7 Å². The maximum Gasteiger partial charge on any atom is 0.410 e. The molecule has 3 rings (SSSR count). The van der Waals surface area contributed by atoms with Crippen LogP contribution in [-0.2, 0) is 20.8 Å². The van der Waals surface area contributed by atoms with Crippen molar-refractivity contribution in [2.24, 2.45) is 0 Å². The van der Waals surface area contributed by atoms with E-state index >= 15 is 0 Å². The van der Waals surface area contributed by atoms with Crippen molar-refractivity contribution in [3.63, 3.8) is 0 Å². The van der Waals surface area contributed by atoms with Crippen LogP contribution in [0.15, 0.2) is 12.4 Å². The first-order chi connectivity index (χ1) is 12.9. The molecule has 2 fully saturated rings. The molecule has 0 saturated carbocycles. The number of amides is 1. The molecule has 3 heterocycles. The lowest BCUT2D eigenvalue weighted by Gasteiger charge is -2.33. The van der Waals surface area contributed by atoms with Gasteiger partial charge in [0.1, 0.15) is 11.4 Å². The van der Waals surface area contributed by atoms with Gasteiger partial charge in [-0.25, -0.2) is 9.78 Å². The van der Waals surface area contributed by atoms with E-state index in [2.05, 4.69) is 9.55 Å². The van der Waals surface area contributed by atoms with Gasteiger partial charge in [-0.15, -0.1) is 0 Å². The molecule has 1 aromatic heterocycles. The smallest absolute Gasteiger partial charge is 0.410 e. The summed E-state index contributed by atoms with van der Waals surface area (Å²) >= 11 is 0. The lowest BCUT2D eigenvalue weighted by atomic mass is 9.96. The molecular formula is C20H33N3O4. The Labute approximate surface area is 162 Å². The fourth-order valence-corrected chi connectivity index (χ4v) is 3.64. The maximum absolute atomic E-state index is 12.2. The Morgan fingerprint density at radius 1 is 1.26 bits per heavy atom. The molecule has 1 amide bonds. The zero-order valence-corrected chi connectivity index (χ0v) is 16.9. The number of ether oxygens (including phenoxy) is 3. The fourth-order valence-electron chi connectivity index (χ4n) is 3.64. The summed E-state index contributed by atoms with van der Waals surface area (Å²) in [4.78, 5) is 18.6. The van der Waals surface area contributed by atoms with E-state index in [1.54, 1.807) is 4.90 Å². The summed E-state index contributed by atoms with van der Waals surface area (Å²) in [5.41, 5.74) is -0.452. The van der Waals surface area contributed by atoms with Crippen LogP contribution in [0.25, 0.3) is 0 Å². The van der Waals surface area contributed by atoms with Crippen LogP contribution in [0.4, 0.5) is 4.79 Å². The van der Waals surface area contributed by atoms with E-state index in [-0.39, 0.29) is 12.4 Å². The number of piperidine rings is 1. The van der Waals surface area contributed by atoms with Crippen molar-refractivity contribution in [1.82, 2.24) is 14.5 Å². The molecule has 0 aliphatic carbocycles. The van der Waals surface area contributed by atoms with Crippen LogP contribution in [0.1, 0.15) is 64.6 Å². The van der Waals surface area contributed by atoms with E-state index < -0.39 is 5.60 Å². The van der Waals surface area contributed by atoms with Crippen molar-refractivity contribution in [2.45, 2.75) is 77.2 Å². The number of aromatic nitrogens is 2. The van der Waals surface area contributed by atoms with E-state index in [1.807, 2.05) is 33.2 Å². The summed E-state index contributed by atoms with van der Waals surface area (Å²) < 4.78 is 19.1. The molecular weight excluding hydrogens is 346 g/mol. The first-order valence-electron chi connectivity index (χ1n) is 10.1. The van der Waals surface area contributed by atoms with Crippen molar-refractivity contribution >= 4 is 6.09 Å². The molecule has 0 spiro atoms. The minimum absolute atomic E-state index is 0.0530. The van der Waals surface area contributed by atoms with Gasteiger partial charge in [0, 0.05) is 44.6 Å². The van der Waals surface area contributed by atoms with Gasteiger partial charge < -0.3 is 23.7 Å². The van der Waals surface area contributed by atoms with Crippen LogP contribution < -0.4 is 0 Å². The van der Waals surface area contributed by atoms with E-state index in [1.165, 1.54) is 6.42 Å². The number of hydrogen-bond donors (Lipinski definition) is 0. The van der Waals surface area contributed by atoms with Gasteiger partial charge in [-0.3, -0.25) is 0 Å². The molecule has 7 nitrogen and oxygen atoms in total. The van der Waals surface area contributed by atoms with Gasteiger partial charge in [-0.2, -0.15) is 0 Å². The Balaban J connectivity index is 1.46. The second kappa shape index (κ2) is 9.06. The van der Waals surface area contributed by atoms with Crippen molar-refractivity contribution < 1.29 is 19.0 Å². The number of imidazole rings is 1. The van der Waals surface area contributed by atoms with Gasteiger partial charge in [0.25, 0.3) is 0 Å². The molecule has 2 saturated heterocycles. The number of hydrogen-bond acceptors (Lipinski definition) is 5. The van der Waals surface area contributed by atoms with Crippen LogP contribution >= 0.6 is 0 Å². The van der Waals surface area contributed by atoms with Crippen molar-refractivity contribution in [2.75, 3.05) is 26.3 Å². The minimum Gasteiger partial charge on any atom is -0.444 e. The number of rotatable bonds is 5. The van der Waals surface area contributed by atoms with Gasteiger partial charge in [-0.1, -0.05) is 0 Å². The van der Waals surface area contributed by atoms with Crippen molar-refractivity contribution in [3.8, 4) is 0 Å². The largest absolute Gasteiger partial charge is 0.444 e. The zero-order valence-electron chi connectivity index (χ0n) is 16.9. The molecule has 2 aliphatic rings. The normalized spacial score (nSPS) is 22.0. The summed E-state index contributed by atoms with van der Waals surface area (Å²) in [6.45, 7) is 9.32. The van der Waals surface area contributed by atoms with Gasteiger partial charge in [-0.05, 0) is 52.9 Å².